The molecule has 2 rings (SSSR count). The van der Waals surface area contributed by atoms with E-state index in [9.17, 15) is 4.79 Å². The van der Waals surface area contributed by atoms with Gasteiger partial charge in [0.05, 0.1) is 12.2 Å². The molecule has 0 bridgehead atoms. The average Bonchev–Trinajstić information content (AvgIpc) is 2.90. The summed E-state index contributed by atoms with van der Waals surface area (Å²) in [5.74, 6) is 0. The Morgan fingerprint density at radius 1 is 1.50 bits per heavy atom. The van der Waals surface area contributed by atoms with Crippen LogP contribution in [0.3, 0.4) is 0 Å². The van der Waals surface area contributed by atoms with Gasteiger partial charge >= 0.3 is 6.03 Å². The third kappa shape index (κ3) is 3.23. The van der Waals surface area contributed by atoms with E-state index >= 15 is 0 Å². The first-order valence-electron chi connectivity index (χ1n) is 5.35. The molecule has 0 aliphatic carbocycles. The van der Waals surface area contributed by atoms with Crippen LogP contribution in [0.2, 0.25) is 0 Å². The number of rotatable bonds is 4. The van der Waals surface area contributed by atoms with Crippen molar-refractivity contribution in [3.8, 4) is 0 Å². The van der Waals surface area contributed by atoms with Gasteiger partial charge in [-0.3, -0.25) is 5.32 Å². The number of anilines is 1. The monoisotopic (exact) mass is 267 g/mol. The van der Waals surface area contributed by atoms with Crippen molar-refractivity contribution in [1.29, 1.82) is 0 Å². The Kier molecular flexibility index (Phi) is 3.82. The SMILES string of the molecule is Cc1nc(NC(=O)NCCn2ncnn2)sc1C. The number of amides is 2. The molecule has 0 saturated heterocycles. The highest BCUT2D eigenvalue weighted by Crippen LogP contribution is 2.20. The second-order valence-corrected chi connectivity index (χ2v) is 4.78. The van der Waals surface area contributed by atoms with Crippen LogP contribution in [-0.4, -0.2) is 37.8 Å². The molecule has 0 aliphatic heterocycles. The van der Waals surface area contributed by atoms with Crippen LogP contribution in [0.1, 0.15) is 10.6 Å². The number of hydrogen-bond acceptors (Lipinski definition) is 6. The number of carbonyl (C=O) groups is 1. The van der Waals surface area contributed by atoms with Crippen molar-refractivity contribution >= 4 is 22.5 Å². The third-order valence-electron chi connectivity index (χ3n) is 2.24. The van der Waals surface area contributed by atoms with E-state index in [0.717, 1.165) is 10.6 Å². The maximum Gasteiger partial charge on any atom is 0.321 e. The average molecular weight is 267 g/mol. The van der Waals surface area contributed by atoms with E-state index in [4.69, 9.17) is 0 Å². The summed E-state index contributed by atoms with van der Waals surface area (Å²) in [7, 11) is 0. The number of aromatic nitrogens is 5. The zero-order chi connectivity index (χ0) is 13.0. The molecule has 2 amide bonds. The highest BCUT2D eigenvalue weighted by atomic mass is 32.1. The summed E-state index contributed by atoms with van der Waals surface area (Å²) in [6.07, 6.45) is 1.35. The maximum atomic E-state index is 11.5. The molecule has 18 heavy (non-hydrogen) atoms. The van der Waals surface area contributed by atoms with Crippen molar-refractivity contribution in [1.82, 2.24) is 30.5 Å². The van der Waals surface area contributed by atoms with Gasteiger partial charge in [0, 0.05) is 11.4 Å². The van der Waals surface area contributed by atoms with E-state index in [1.165, 1.54) is 22.5 Å². The Hall–Kier alpha value is -2.03. The van der Waals surface area contributed by atoms with Crippen LogP contribution in [0.4, 0.5) is 9.93 Å². The minimum absolute atomic E-state index is 0.288. The molecule has 0 spiro atoms. The fraction of sp³-hybridized carbons (Fsp3) is 0.444. The van der Waals surface area contributed by atoms with Crippen molar-refractivity contribution in [3.63, 3.8) is 0 Å². The summed E-state index contributed by atoms with van der Waals surface area (Å²) in [4.78, 5) is 18.3. The Bertz CT molecular complexity index is 502. The Morgan fingerprint density at radius 3 is 2.94 bits per heavy atom. The molecule has 0 saturated carbocycles. The lowest BCUT2D eigenvalue weighted by molar-refractivity contribution is 0.251. The summed E-state index contributed by atoms with van der Waals surface area (Å²) in [5, 5.41) is 17.0. The first-order chi connectivity index (χ1) is 8.65. The highest BCUT2D eigenvalue weighted by molar-refractivity contribution is 7.15. The van der Waals surface area contributed by atoms with Crippen molar-refractivity contribution in [2.24, 2.45) is 0 Å². The number of thiazole rings is 1. The molecule has 0 aliphatic rings. The van der Waals surface area contributed by atoms with E-state index < -0.39 is 0 Å². The molecular formula is C9H13N7OS. The molecule has 0 radical (unpaired) electrons. The molecule has 0 unspecified atom stereocenters. The molecule has 2 heterocycles. The van der Waals surface area contributed by atoms with Crippen LogP contribution >= 0.6 is 11.3 Å². The van der Waals surface area contributed by atoms with Crippen LogP contribution in [0.25, 0.3) is 0 Å². The molecule has 2 N–H and O–H groups in total. The number of tetrazole rings is 1. The van der Waals surface area contributed by atoms with E-state index in [2.05, 4.69) is 31.0 Å². The normalized spacial score (nSPS) is 10.3. The van der Waals surface area contributed by atoms with E-state index in [1.807, 2.05) is 13.8 Å². The lowest BCUT2D eigenvalue weighted by Crippen LogP contribution is -2.31. The largest absolute Gasteiger partial charge is 0.336 e. The lowest BCUT2D eigenvalue weighted by atomic mass is 10.4. The topological polar surface area (TPSA) is 97.6 Å². The Morgan fingerprint density at radius 2 is 2.33 bits per heavy atom. The van der Waals surface area contributed by atoms with Gasteiger partial charge in [-0.2, -0.15) is 4.80 Å². The molecule has 0 atom stereocenters. The predicted octanol–water partition coefficient (Wildman–Crippen LogP) is 0.568. The maximum absolute atomic E-state index is 11.5. The standard InChI is InChI=1S/C9H13N7OS/c1-6-7(2)18-9(13-6)14-8(17)10-3-4-16-12-5-11-15-16/h5H,3-4H2,1-2H3,(H2,10,13,14,17). The van der Waals surface area contributed by atoms with Crippen LogP contribution in [0.15, 0.2) is 6.33 Å². The van der Waals surface area contributed by atoms with Crippen molar-refractivity contribution < 1.29 is 4.79 Å². The Balaban J connectivity index is 1.75. The predicted molar refractivity (Wildman–Crippen MR) is 66.4 cm³/mol. The van der Waals surface area contributed by atoms with Gasteiger partial charge in [0.15, 0.2) is 11.5 Å². The number of nitrogens with one attached hydrogen (secondary N) is 2. The summed E-state index contributed by atoms with van der Waals surface area (Å²) < 4.78 is 0. The quantitative estimate of drug-likeness (QED) is 0.844. The molecule has 9 heteroatoms. The number of carbonyl (C=O) groups excluding carboxylic acids is 1. The van der Waals surface area contributed by atoms with Gasteiger partial charge in [0.2, 0.25) is 0 Å². The van der Waals surface area contributed by atoms with Gasteiger partial charge in [0.25, 0.3) is 0 Å². The second-order valence-electron chi connectivity index (χ2n) is 3.57. The minimum Gasteiger partial charge on any atom is -0.336 e. The van der Waals surface area contributed by atoms with Gasteiger partial charge in [-0.1, -0.05) is 0 Å². The first-order valence-corrected chi connectivity index (χ1v) is 6.16. The summed E-state index contributed by atoms with van der Waals surface area (Å²) >= 11 is 1.45. The Labute approximate surface area is 107 Å². The van der Waals surface area contributed by atoms with Gasteiger partial charge in [0.1, 0.15) is 0 Å². The van der Waals surface area contributed by atoms with Gasteiger partial charge in [-0.05, 0) is 19.1 Å². The van der Waals surface area contributed by atoms with Crippen molar-refractivity contribution in [2.45, 2.75) is 20.4 Å². The van der Waals surface area contributed by atoms with Crippen LogP contribution in [0, 0.1) is 13.8 Å². The van der Waals surface area contributed by atoms with E-state index in [-0.39, 0.29) is 6.03 Å². The fourth-order valence-corrected chi connectivity index (χ4v) is 2.04. The molecule has 2 aromatic rings. The number of nitrogens with zero attached hydrogens (tertiary/aromatic N) is 5. The number of urea groups is 1. The smallest absolute Gasteiger partial charge is 0.321 e. The van der Waals surface area contributed by atoms with Crippen molar-refractivity contribution in [3.05, 3.63) is 16.9 Å². The van der Waals surface area contributed by atoms with E-state index in [0.29, 0.717) is 18.2 Å². The van der Waals surface area contributed by atoms with E-state index in [1.54, 1.807) is 0 Å². The number of hydrogen-bond donors (Lipinski definition) is 2. The number of aryl methyl sites for hydroxylation is 2. The van der Waals surface area contributed by atoms with Crippen LogP contribution in [-0.2, 0) is 6.54 Å². The molecule has 2 aromatic heterocycles. The van der Waals surface area contributed by atoms with Gasteiger partial charge < -0.3 is 5.32 Å². The molecule has 8 nitrogen and oxygen atoms in total. The zero-order valence-electron chi connectivity index (χ0n) is 10.0. The van der Waals surface area contributed by atoms with Crippen LogP contribution in [0.5, 0.6) is 0 Å². The highest BCUT2D eigenvalue weighted by Gasteiger charge is 2.07. The lowest BCUT2D eigenvalue weighted by Gasteiger charge is -2.04. The second kappa shape index (κ2) is 5.54. The summed E-state index contributed by atoms with van der Waals surface area (Å²) in [5.41, 5.74) is 0.933. The third-order valence-corrected chi connectivity index (χ3v) is 3.23. The van der Waals surface area contributed by atoms with Crippen molar-refractivity contribution in [2.75, 3.05) is 11.9 Å². The van der Waals surface area contributed by atoms with Crippen LogP contribution < -0.4 is 10.6 Å². The summed E-state index contributed by atoms with van der Waals surface area (Å²) in [6.45, 7) is 4.77. The van der Waals surface area contributed by atoms with Gasteiger partial charge in [-0.15, -0.1) is 21.5 Å². The summed E-state index contributed by atoms with van der Waals surface area (Å²) in [6, 6.07) is -0.288. The minimum atomic E-state index is -0.288. The molecule has 0 fully saturated rings. The molecule has 96 valence electrons. The molecule has 0 aromatic carbocycles. The first kappa shape index (κ1) is 12.4. The zero-order valence-corrected chi connectivity index (χ0v) is 10.9. The molecular weight excluding hydrogens is 254 g/mol. The fourth-order valence-electron chi connectivity index (χ4n) is 1.23. The van der Waals surface area contributed by atoms with Gasteiger partial charge in [-0.25, -0.2) is 9.78 Å².